The van der Waals surface area contributed by atoms with Gasteiger partial charge in [0.15, 0.2) is 0 Å². The van der Waals surface area contributed by atoms with Gasteiger partial charge in [0.25, 0.3) is 0 Å². The fourth-order valence-electron chi connectivity index (χ4n) is 1.90. The summed E-state index contributed by atoms with van der Waals surface area (Å²) in [4.78, 5) is 0. The van der Waals surface area contributed by atoms with Gasteiger partial charge < -0.3 is 5.73 Å². The summed E-state index contributed by atoms with van der Waals surface area (Å²) in [5.41, 5.74) is 7.12. The molecule has 1 rings (SSSR count). The van der Waals surface area contributed by atoms with E-state index in [2.05, 4.69) is 29.8 Å². The van der Waals surface area contributed by atoms with Crippen molar-refractivity contribution in [3.63, 3.8) is 0 Å². The molecule has 0 amide bonds. The number of hydrogen-bond acceptors (Lipinski definition) is 1. The number of rotatable bonds is 6. The lowest BCUT2D eigenvalue weighted by Gasteiger charge is -2.20. The average molecular weight is 302 g/mol. The Morgan fingerprint density at radius 1 is 1.41 bits per heavy atom. The van der Waals surface area contributed by atoms with E-state index in [0.29, 0.717) is 10.4 Å². The molecule has 0 bridgehead atoms. The van der Waals surface area contributed by atoms with Gasteiger partial charge in [-0.1, -0.05) is 38.8 Å². The number of unbranched alkanes of at least 4 members (excludes halogenated alkanes) is 1. The third-order valence-corrected chi connectivity index (χ3v) is 4.12. The Kier molecular flexibility index (Phi) is 6.14. The number of hydrogen-bond donors (Lipinski definition) is 1. The van der Waals surface area contributed by atoms with Crippen LogP contribution in [0, 0.1) is 11.7 Å². The minimum atomic E-state index is -0.212. The molecule has 0 aromatic heterocycles. The van der Waals surface area contributed by atoms with E-state index in [1.165, 1.54) is 18.9 Å². The number of halogens is 2. The standard InChI is InChI=1S/C14H21BrFN/c1-3-4-6-10(2)13(17)9-11-7-5-8-12(16)14(11)15/h5,7-8,10,13H,3-4,6,9,17H2,1-2H3. The van der Waals surface area contributed by atoms with E-state index in [9.17, 15) is 4.39 Å². The highest BCUT2D eigenvalue weighted by molar-refractivity contribution is 9.10. The molecule has 17 heavy (non-hydrogen) atoms. The molecule has 0 radical (unpaired) electrons. The maximum atomic E-state index is 13.3. The summed E-state index contributed by atoms with van der Waals surface area (Å²) in [5.74, 6) is 0.265. The van der Waals surface area contributed by atoms with Gasteiger partial charge in [0.1, 0.15) is 5.82 Å². The summed E-state index contributed by atoms with van der Waals surface area (Å²) in [6.07, 6.45) is 4.27. The van der Waals surface area contributed by atoms with Crippen LogP contribution in [0.15, 0.2) is 22.7 Å². The van der Waals surface area contributed by atoms with Crippen LogP contribution in [0.3, 0.4) is 0 Å². The highest BCUT2D eigenvalue weighted by Gasteiger charge is 2.15. The molecule has 0 saturated carbocycles. The van der Waals surface area contributed by atoms with Crippen molar-refractivity contribution < 1.29 is 4.39 Å². The maximum absolute atomic E-state index is 13.3. The van der Waals surface area contributed by atoms with Gasteiger partial charge in [0.05, 0.1) is 4.47 Å². The zero-order valence-corrected chi connectivity index (χ0v) is 12.1. The van der Waals surface area contributed by atoms with Gasteiger partial charge in [-0.15, -0.1) is 0 Å². The van der Waals surface area contributed by atoms with Crippen LogP contribution in [0.4, 0.5) is 4.39 Å². The highest BCUT2D eigenvalue weighted by atomic mass is 79.9. The van der Waals surface area contributed by atoms with Crippen LogP contribution in [-0.4, -0.2) is 6.04 Å². The van der Waals surface area contributed by atoms with E-state index in [-0.39, 0.29) is 11.9 Å². The Hall–Kier alpha value is -0.410. The van der Waals surface area contributed by atoms with Gasteiger partial charge in [-0.2, -0.15) is 0 Å². The Morgan fingerprint density at radius 3 is 2.76 bits per heavy atom. The van der Waals surface area contributed by atoms with E-state index >= 15 is 0 Å². The zero-order chi connectivity index (χ0) is 12.8. The van der Waals surface area contributed by atoms with Gasteiger partial charge in [0.2, 0.25) is 0 Å². The second-order valence-electron chi connectivity index (χ2n) is 4.70. The average Bonchev–Trinajstić information content (AvgIpc) is 2.31. The molecule has 1 aromatic carbocycles. The maximum Gasteiger partial charge on any atom is 0.137 e. The lowest BCUT2D eigenvalue weighted by atomic mass is 9.91. The smallest absolute Gasteiger partial charge is 0.137 e. The van der Waals surface area contributed by atoms with Crippen LogP contribution in [0.5, 0.6) is 0 Å². The molecule has 1 aromatic rings. The molecule has 0 aliphatic carbocycles. The Labute approximate surface area is 112 Å². The molecule has 0 heterocycles. The predicted octanol–water partition coefficient (Wildman–Crippen LogP) is 4.28. The van der Waals surface area contributed by atoms with E-state index in [0.717, 1.165) is 18.4 Å². The van der Waals surface area contributed by atoms with Crippen molar-refractivity contribution in [2.45, 2.75) is 45.6 Å². The summed E-state index contributed by atoms with van der Waals surface area (Å²) in [5, 5.41) is 0. The van der Waals surface area contributed by atoms with Crippen molar-refractivity contribution in [1.82, 2.24) is 0 Å². The number of benzene rings is 1. The van der Waals surface area contributed by atoms with Crippen LogP contribution in [0.2, 0.25) is 0 Å². The summed E-state index contributed by atoms with van der Waals surface area (Å²) >= 11 is 3.28. The topological polar surface area (TPSA) is 26.0 Å². The van der Waals surface area contributed by atoms with Gasteiger partial charge in [-0.05, 0) is 46.3 Å². The summed E-state index contributed by atoms with van der Waals surface area (Å²) in [7, 11) is 0. The third-order valence-electron chi connectivity index (χ3n) is 3.23. The lowest BCUT2D eigenvalue weighted by Crippen LogP contribution is -2.30. The minimum absolute atomic E-state index is 0.0969. The Balaban J connectivity index is 2.61. The Bertz CT molecular complexity index is 354. The second-order valence-corrected chi connectivity index (χ2v) is 5.49. The molecule has 2 atom stereocenters. The SMILES string of the molecule is CCCCC(C)C(N)Cc1cccc(F)c1Br. The molecular formula is C14H21BrFN. The minimum Gasteiger partial charge on any atom is -0.327 e. The normalized spacial score (nSPS) is 14.6. The molecule has 2 unspecified atom stereocenters. The molecule has 96 valence electrons. The molecule has 2 N–H and O–H groups in total. The van der Waals surface area contributed by atoms with Crippen molar-refractivity contribution in [3.8, 4) is 0 Å². The van der Waals surface area contributed by atoms with Crippen LogP contribution in [0.1, 0.15) is 38.7 Å². The van der Waals surface area contributed by atoms with E-state index in [1.807, 2.05) is 6.07 Å². The molecule has 0 spiro atoms. The van der Waals surface area contributed by atoms with Gasteiger partial charge in [0, 0.05) is 6.04 Å². The number of nitrogens with two attached hydrogens (primary N) is 1. The fraction of sp³-hybridized carbons (Fsp3) is 0.571. The zero-order valence-electron chi connectivity index (χ0n) is 10.5. The van der Waals surface area contributed by atoms with Crippen LogP contribution in [0.25, 0.3) is 0 Å². The first-order chi connectivity index (χ1) is 8.06. The first-order valence-corrected chi connectivity index (χ1v) is 7.04. The van der Waals surface area contributed by atoms with Crippen molar-refractivity contribution in [3.05, 3.63) is 34.1 Å². The summed E-state index contributed by atoms with van der Waals surface area (Å²) < 4.78 is 13.9. The van der Waals surface area contributed by atoms with Crippen molar-refractivity contribution in [2.75, 3.05) is 0 Å². The van der Waals surface area contributed by atoms with Crippen LogP contribution >= 0.6 is 15.9 Å². The van der Waals surface area contributed by atoms with Crippen LogP contribution in [-0.2, 0) is 6.42 Å². The van der Waals surface area contributed by atoms with Crippen molar-refractivity contribution >= 4 is 15.9 Å². The van der Waals surface area contributed by atoms with Gasteiger partial charge >= 0.3 is 0 Å². The fourth-order valence-corrected chi connectivity index (χ4v) is 2.33. The highest BCUT2D eigenvalue weighted by Crippen LogP contribution is 2.23. The molecule has 0 aliphatic heterocycles. The molecular weight excluding hydrogens is 281 g/mol. The second kappa shape index (κ2) is 7.12. The molecule has 3 heteroatoms. The first kappa shape index (κ1) is 14.7. The predicted molar refractivity (Wildman–Crippen MR) is 74.5 cm³/mol. The van der Waals surface area contributed by atoms with Crippen LogP contribution < -0.4 is 5.73 Å². The van der Waals surface area contributed by atoms with Crippen molar-refractivity contribution in [1.29, 1.82) is 0 Å². The molecule has 0 fully saturated rings. The monoisotopic (exact) mass is 301 g/mol. The summed E-state index contributed by atoms with van der Waals surface area (Å²) in [6, 6.07) is 5.22. The molecule has 1 nitrogen and oxygen atoms in total. The van der Waals surface area contributed by atoms with E-state index in [1.54, 1.807) is 6.07 Å². The first-order valence-electron chi connectivity index (χ1n) is 6.24. The third kappa shape index (κ3) is 4.40. The molecule has 0 aliphatic rings. The van der Waals surface area contributed by atoms with E-state index in [4.69, 9.17) is 5.73 Å². The quantitative estimate of drug-likeness (QED) is 0.833. The lowest BCUT2D eigenvalue weighted by molar-refractivity contribution is 0.410. The summed E-state index contributed by atoms with van der Waals surface area (Å²) in [6.45, 7) is 4.36. The Morgan fingerprint density at radius 2 is 2.12 bits per heavy atom. The van der Waals surface area contributed by atoms with E-state index < -0.39 is 0 Å². The van der Waals surface area contributed by atoms with Crippen molar-refractivity contribution in [2.24, 2.45) is 11.7 Å². The van der Waals surface area contributed by atoms with Gasteiger partial charge in [-0.3, -0.25) is 0 Å². The largest absolute Gasteiger partial charge is 0.327 e. The van der Waals surface area contributed by atoms with Gasteiger partial charge in [-0.25, -0.2) is 4.39 Å². The molecule has 0 saturated heterocycles.